The molecule has 7 nitrogen and oxygen atoms in total. The maximum absolute atomic E-state index is 15.0. The van der Waals surface area contributed by atoms with E-state index in [1.807, 2.05) is 0 Å². The number of alkyl halides is 3. The van der Waals surface area contributed by atoms with Gasteiger partial charge in [0.15, 0.2) is 25.6 Å². The predicted molar refractivity (Wildman–Crippen MR) is 154 cm³/mol. The van der Waals surface area contributed by atoms with Gasteiger partial charge in [0.05, 0.1) is 29.4 Å². The van der Waals surface area contributed by atoms with Crippen LogP contribution in [-0.4, -0.2) is 48.8 Å². The van der Waals surface area contributed by atoms with E-state index in [9.17, 15) is 22.4 Å². The Morgan fingerprint density at radius 3 is 2.37 bits per heavy atom. The molecule has 41 heavy (non-hydrogen) atoms. The van der Waals surface area contributed by atoms with Gasteiger partial charge in [0.1, 0.15) is 5.02 Å². The van der Waals surface area contributed by atoms with Crippen LogP contribution in [0.25, 0.3) is 10.9 Å². The average molecular weight is 636 g/mol. The van der Waals surface area contributed by atoms with Crippen molar-refractivity contribution in [1.82, 2.24) is 14.7 Å². The second-order valence-corrected chi connectivity index (χ2v) is 17.0. The molecule has 1 aromatic heterocycles. The summed E-state index contributed by atoms with van der Waals surface area (Å²) in [5.74, 6) is -1.42. The van der Waals surface area contributed by atoms with Gasteiger partial charge in [-0.15, -0.1) is 0 Å². The Morgan fingerprint density at radius 1 is 1.10 bits per heavy atom. The molecule has 0 saturated carbocycles. The number of nitrogens with one attached hydrogen (secondary N) is 1. The molecule has 14 heteroatoms. The van der Waals surface area contributed by atoms with Crippen molar-refractivity contribution < 1.29 is 31.5 Å². The molecule has 0 spiro atoms. The molecule has 1 amide bonds. The van der Waals surface area contributed by atoms with E-state index < -0.39 is 37.8 Å². The lowest BCUT2D eigenvalue weighted by Gasteiger charge is -2.36. The molecule has 1 saturated heterocycles. The van der Waals surface area contributed by atoms with E-state index in [1.165, 1.54) is 27.8 Å². The Morgan fingerprint density at radius 2 is 1.76 bits per heavy atom. The van der Waals surface area contributed by atoms with Crippen molar-refractivity contribution in [3.63, 3.8) is 0 Å². The third-order valence-electron chi connectivity index (χ3n) is 7.54. The molecule has 0 radical (unpaired) electrons. The summed E-state index contributed by atoms with van der Waals surface area (Å²) in [6.07, 6.45) is -3.74. The van der Waals surface area contributed by atoms with Crippen LogP contribution < -0.4 is 10.1 Å². The lowest BCUT2D eigenvalue weighted by Crippen LogP contribution is -2.41. The summed E-state index contributed by atoms with van der Waals surface area (Å²) in [5, 5.41) is 6.17. The number of hydrogen-bond donors (Lipinski definition) is 1. The molecule has 2 heterocycles. The minimum atomic E-state index is -4.67. The molecule has 0 unspecified atom stereocenters. The number of anilines is 2. The summed E-state index contributed by atoms with van der Waals surface area (Å²) in [6, 6.07) is 5.17. The lowest BCUT2D eigenvalue weighted by molar-refractivity contribution is -0.140. The van der Waals surface area contributed by atoms with Crippen molar-refractivity contribution >= 4 is 59.9 Å². The number of likely N-dealkylation sites (tertiary alicyclic amines) is 1. The number of carbonyl (C=O) groups is 1. The fourth-order valence-corrected chi connectivity index (χ4v) is 5.66. The Hall–Kier alpha value is -2.54. The largest absolute Gasteiger partial charge is 0.435 e. The smallest absolute Gasteiger partial charge is 0.415 e. The first-order valence-corrected chi connectivity index (χ1v) is 16.8. The van der Waals surface area contributed by atoms with Crippen molar-refractivity contribution in [2.45, 2.75) is 64.5 Å². The van der Waals surface area contributed by atoms with E-state index in [0.717, 1.165) is 18.9 Å². The number of halogens is 6. The van der Waals surface area contributed by atoms with Crippen molar-refractivity contribution in [2.24, 2.45) is 0 Å². The maximum atomic E-state index is 15.0. The van der Waals surface area contributed by atoms with Crippen LogP contribution in [0.15, 0.2) is 24.3 Å². The topological polar surface area (TPSA) is 68.6 Å². The van der Waals surface area contributed by atoms with Crippen LogP contribution in [0, 0.1) is 5.82 Å². The molecule has 0 bridgehead atoms. The van der Waals surface area contributed by atoms with Gasteiger partial charge in [-0.3, -0.25) is 4.68 Å². The molecule has 224 valence electrons. The minimum Gasteiger partial charge on any atom is -0.415 e. The lowest BCUT2D eigenvalue weighted by atomic mass is 10.1. The molecule has 0 atom stereocenters. The van der Waals surface area contributed by atoms with Crippen molar-refractivity contribution in [2.75, 3.05) is 25.0 Å². The van der Waals surface area contributed by atoms with Gasteiger partial charge >= 0.3 is 12.3 Å². The molecule has 1 aliphatic heterocycles. The standard InChI is InChI=1S/C27H32Cl2F4N4O3Si/c1-26(2,3)41(4,5)39-13-12-37-20-14-16(8-9-17(20)24(35-37)27(31,32)33)34-19-15-18(30)23(22(29)21(19)28)40-25(38)36-10-6-7-11-36/h8-9,14-15,34H,6-7,10-13H2,1-5H3. The number of aromatic nitrogens is 2. The molecule has 1 fully saturated rings. The molecule has 3 aromatic rings. The minimum absolute atomic E-state index is 0.0397. The third kappa shape index (κ3) is 6.76. The highest BCUT2D eigenvalue weighted by Gasteiger charge is 2.38. The molecule has 0 aliphatic carbocycles. The predicted octanol–water partition coefficient (Wildman–Crippen LogP) is 8.86. The van der Waals surface area contributed by atoms with Crippen LogP contribution in [0.5, 0.6) is 5.75 Å². The molecule has 2 aromatic carbocycles. The van der Waals surface area contributed by atoms with E-state index in [4.69, 9.17) is 32.4 Å². The quantitative estimate of drug-likeness (QED) is 0.160. The zero-order chi connectivity index (χ0) is 30.3. The number of nitrogens with zero attached hydrogens (tertiary/aromatic N) is 3. The van der Waals surface area contributed by atoms with Crippen LogP contribution in [0.2, 0.25) is 28.2 Å². The van der Waals surface area contributed by atoms with E-state index in [-0.39, 0.29) is 44.8 Å². The highest BCUT2D eigenvalue weighted by atomic mass is 35.5. The molecular weight excluding hydrogens is 603 g/mol. The van der Waals surface area contributed by atoms with Crippen LogP contribution in [0.3, 0.4) is 0 Å². The van der Waals surface area contributed by atoms with Gasteiger partial charge in [-0.25, -0.2) is 9.18 Å². The highest BCUT2D eigenvalue weighted by Crippen LogP contribution is 2.42. The van der Waals surface area contributed by atoms with Crippen LogP contribution in [0.4, 0.5) is 33.7 Å². The summed E-state index contributed by atoms with van der Waals surface area (Å²) < 4.78 is 68.9. The van der Waals surface area contributed by atoms with Gasteiger partial charge in [0, 0.05) is 30.2 Å². The summed E-state index contributed by atoms with van der Waals surface area (Å²) in [7, 11) is -2.13. The Balaban J connectivity index is 1.61. The number of amides is 1. The summed E-state index contributed by atoms with van der Waals surface area (Å²) in [4.78, 5) is 13.8. The monoisotopic (exact) mass is 634 g/mol. The van der Waals surface area contributed by atoms with Crippen LogP contribution >= 0.6 is 23.2 Å². The molecule has 1 N–H and O–H groups in total. The number of hydrogen-bond acceptors (Lipinski definition) is 5. The number of rotatable bonds is 7. The normalized spacial score (nSPS) is 14.7. The van der Waals surface area contributed by atoms with Gasteiger partial charge in [0.25, 0.3) is 0 Å². The molecule has 1 aliphatic rings. The summed E-state index contributed by atoms with van der Waals surface area (Å²) >= 11 is 12.6. The molecule has 4 rings (SSSR count). The first-order valence-electron chi connectivity index (χ1n) is 13.1. The van der Waals surface area contributed by atoms with E-state index in [2.05, 4.69) is 44.3 Å². The van der Waals surface area contributed by atoms with E-state index >= 15 is 0 Å². The van der Waals surface area contributed by atoms with Crippen LogP contribution in [-0.2, 0) is 17.1 Å². The first kappa shape index (κ1) is 31.4. The fraction of sp³-hybridized carbons (Fsp3) is 0.481. The zero-order valence-corrected chi connectivity index (χ0v) is 25.9. The van der Waals surface area contributed by atoms with Gasteiger partial charge in [-0.2, -0.15) is 18.3 Å². The van der Waals surface area contributed by atoms with Crippen molar-refractivity contribution in [1.29, 1.82) is 0 Å². The van der Waals surface area contributed by atoms with Gasteiger partial charge in [-0.1, -0.05) is 44.0 Å². The number of carbonyl (C=O) groups excluding carboxylic acids is 1. The van der Waals surface area contributed by atoms with Gasteiger partial charge in [0.2, 0.25) is 0 Å². The van der Waals surface area contributed by atoms with Gasteiger partial charge < -0.3 is 19.4 Å². The SMILES string of the molecule is CC(C)(C)[Si](C)(C)OCCn1nc(C(F)(F)F)c2ccc(Nc3cc(F)c(OC(=O)N4CCCC4)c(Cl)c3Cl)cc21. The fourth-order valence-electron chi connectivity index (χ4n) is 4.21. The van der Waals surface area contributed by atoms with E-state index in [0.29, 0.717) is 18.8 Å². The number of fused-ring (bicyclic) bond motifs is 1. The third-order valence-corrected chi connectivity index (χ3v) is 12.9. The second-order valence-electron chi connectivity index (χ2n) is 11.5. The first-order chi connectivity index (χ1) is 19.0. The van der Waals surface area contributed by atoms with Crippen molar-refractivity contribution in [3.8, 4) is 5.75 Å². The summed E-state index contributed by atoms with van der Waals surface area (Å²) in [6.45, 7) is 11.6. The number of ether oxygens (including phenoxy) is 1. The average Bonchev–Trinajstić information content (AvgIpc) is 3.53. The highest BCUT2D eigenvalue weighted by molar-refractivity contribution is 6.74. The maximum Gasteiger partial charge on any atom is 0.435 e. The Bertz CT molecular complexity index is 1450. The van der Waals surface area contributed by atoms with Gasteiger partial charge in [-0.05, 0) is 49.2 Å². The Labute approximate surface area is 246 Å². The zero-order valence-electron chi connectivity index (χ0n) is 23.4. The second kappa shape index (κ2) is 11.6. The van der Waals surface area contributed by atoms with Crippen LogP contribution in [0.1, 0.15) is 39.3 Å². The summed E-state index contributed by atoms with van der Waals surface area (Å²) in [5.41, 5.74) is -0.447. The molecular formula is C27H32Cl2F4N4O3Si. The number of benzene rings is 2. The van der Waals surface area contributed by atoms with E-state index in [1.54, 1.807) is 0 Å². The Kier molecular flexibility index (Phi) is 8.90. The van der Waals surface area contributed by atoms with Crippen molar-refractivity contribution in [3.05, 3.63) is 45.8 Å².